The van der Waals surface area contributed by atoms with Crippen molar-refractivity contribution in [1.29, 1.82) is 0 Å². The summed E-state index contributed by atoms with van der Waals surface area (Å²) in [7, 11) is 3.73. The Morgan fingerprint density at radius 3 is 2.60 bits per heavy atom. The van der Waals surface area contributed by atoms with E-state index in [4.69, 9.17) is 9.47 Å². The maximum Gasteiger partial charge on any atom is 0.314 e. The molecule has 1 N–H and O–H groups in total. The molecule has 1 aliphatic carbocycles. The van der Waals surface area contributed by atoms with Gasteiger partial charge in [-0.1, -0.05) is 25.3 Å². The number of hydrogen-bond donors (Lipinski definition) is 1. The number of likely N-dealkylation sites (tertiary alicyclic amines) is 1. The van der Waals surface area contributed by atoms with Crippen molar-refractivity contribution in [2.45, 2.75) is 56.5 Å². The molecule has 138 valence electrons. The standard InChI is InChI=1S/C20H29NO4/c1-21-12-6-7-16(14-21)25-17-9-8-15(13-18(17)24-2)20(19(22)23)10-4-3-5-11-20/h8-9,13,16H,3-7,10-12,14H2,1-2H3,(H,22,23). The molecule has 25 heavy (non-hydrogen) atoms. The van der Waals surface area contributed by atoms with E-state index in [9.17, 15) is 9.90 Å². The summed E-state index contributed by atoms with van der Waals surface area (Å²) in [5.41, 5.74) is 0.0550. The Kier molecular flexibility index (Phi) is 5.52. The van der Waals surface area contributed by atoms with Crippen LogP contribution < -0.4 is 9.47 Å². The van der Waals surface area contributed by atoms with Gasteiger partial charge in [0.25, 0.3) is 0 Å². The number of hydrogen-bond acceptors (Lipinski definition) is 4. The first kappa shape index (κ1) is 18.1. The highest BCUT2D eigenvalue weighted by atomic mass is 16.5. The summed E-state index contributed by atoms with van der Waals surface area (Å²) in [5, 5.41) is 9.89. The first-order chi connectivity index (χ1) is 12.0. The van der Waals surface area contributed by atoms with Gasteiger partial charge in [0.2, 0.25) is 0 Å². The van der Waals surface area contributed by atoms with E-state index in [-0.39, 0.29) is 6.10 Å². The summed E-state index contributed by atoms with van der Waals surface area (Å²) in [6, 6.07) is 5.69. The Morgan fingerprint density at radius 1 is 1.20 bits per heavy atom. The number of likely N-dealkylation sites (N-methyl/N-ethyl adjacent to an activating group) is 1. The number of nitrogens with zero attached hydrogens (tertiary/aromatic N) is 1. The minimum atomic E-state index is -0.783. The van der Waals surface area contributed by atoms with E-state index >= 15 is 0 Å². The first-order valence-corrected chi connectivity index (χ1v) is 9.32. The number of rotatable bonds is 5. The topological polar surface area (TPSA) is 59.0 Å². The van der Waals surface area contributed by atoms with E-state index in [1.54, 1.807) is 7.11 Å². The summed E-state index contributed by atoms with van der Waals surface area (Å²) >= 11 is 0. The van der Waals surface area contributed by atoms with Crippen LogP contribution in [0.4, 0.5) is 0 Å². The predicted octanol–water partition coefficient (Wildman–Crippen LogP) is 3.45. The summed E-state index contributed by atoms with van der Waals surface area (Å²) in [4.78, 5) is 14.3. The number of piperidine rings is 1. The molecule has 1 heterocycles. The molecule has 0 aromatic heterocycles. The van der Waals surface area contributed by atoms with Gasteiger partial charge >= 0.3 is 5.97 Å². The second-order valence-electron chi connectivity index (χ2n) is 7.46. The lowest BCUT2D eigenvalue weighted by molar-refractivity contribution is -0.145. The number of methoxy groups -OCH3 is 1. The highest BCUT2D eigenvalue weighted by Gasteiger charge is 2.41. The fraction of sp³-hybridized carbons (Fsp3) is 0.650. The summed E-state index contributed by atoms with van der Waals surface area (Å²) in [6.45, 7) is 2.01. The molecule has 2 aliphatic rings. The Hall–Kier alpha value is -1.75. The van der Waals surface area contributed by atoms with Gasteiger partial charge in [0.1, 0.15) is 6.10 Å². The molecule has 1 aromatic carbocycles. The van der Waals surface area contributed by atoms with Crippen LogP contribution in [0, 0.1) is 0 Å². The molecule has 1 aromatic rings. The van der Waals surface area contributed by atoms with Crippen molar-refractivity contribution < 1.29 is 19.4 Å². The highest BCUT2D eigenvalue weighted by Crippen LogP contribution is 2.42. The van der Waals surface area contributed by atoms with Crippen molar-refractivity contribution in [2.75, 3.05) is 27.2 Å². The van der Waals surface area contributed by atoms with Crippen LogP contribution in [0.5, 0.6) is 11.5 Å². The summed E-state index contributed by atoms with van der Waals surface area (Å²) < 4.78 is 11.7. The van der Waals surface area contributed by atoms with Gasteiger partial charge in [0, 0.05) is 6.54 Å². The monoisotopic (exact) mass is 347 g/mol. The first-order valence-electron chi connectivity index (χ1n) is 9.32. The fourth-order valence-electron chi connectivity index (χ4n) is 4.24. The number of carboxylic acids is 1. The van der Waals surface area contributed by atoms with Crippen molar-refractivity contribution >= 4 is 5.97 Å². The number of aliphatic carboxylic acids is 1. The number of benzene rings is 1. The fourth-order valence-corrected chi connectivity index (χ4v) is 4.24. The Balaban J connectivity index is 1.84. The molecule has 0 spiro atoms. The predicted molar refractivity (Wildman–Crippen MR) is 96.5 cm³/mol. The van der Waals surface area contributed by atoms with Crippen LogP contribution in [0.3, 0.4) is 0 Å². The summed E-state index contributed by atoms with van der Waals surface area (Å²) in [5.74, 6) is 0.622. The van der Waals surface area contributed by atoms with Gasteiger partial charge in [-0.25, -0.2) is 0 Å². The van der Waals surface area contributed by atoms with Gasteiger partial charge in [0.15, 0.2) is 11.5 Å². The van der Waals surface area contributed by atoms with E-state index in [0.29, 0.717) is 24.3 Å². The lowest BCUT2D eigenvalue weighted by atomic mass is 9.69. The average molecular weight is 347 g/mol. The minimum Gasteiger partial charge on any atom is -0.493 e. The van der Waals surface area contributed by atoms with Crippen LogP contribution in [-0.4, -0.2) is 49.3 Å². The second-order valence-corrected chi connectivity index (χ2v) is 7.46. The maximum absolute atomic E-state index is 12.0. The van der Waals surface area contributed by atoms with Gasteiger partial charge in [-0.2, -0.15) is 0 Å². The third-order valence-electron chi connectivity index (χ3n) is 5.71. The largest absolute Gasteiger partial charge is 0.493 e. The van der Waals surface area contributed by atoms with Crippen molar-refractivity contribution in [3.63, 3.8) is 0 Å². The lowest BCUT2D eigenvalue weighted by Gasteiger charge is -2.34. The molecule has 1 saturated carbocycles. The second kappa shape index (κ2) is 7.65. The van der Waals surface area contributed by atoms with Crippen LogP contribution >= 0.6 is 0 Å². The SMILES string of the molecule is COc1cc(C2(C(=O)O)CCCCC2)ccc1OC1CCCN(C)C1. The van der Waals surface area contributed by atoms with Crippen LogP contribution in [0.2, 0.25) is 0 Å². The molecule has 0 amide bonds. The summed E-state index contributed by atoms with van der Waals surface area (Å²) in [6.07, 6.45) is 6.74. The average Bonchev–Trinajstić information content (AvgIpc) is 2.62. The van der Waals surface area contributed by atoms with Crippen molar-refractivity contribution in [3.05, 3.63) is 23.8 Å². The Labute approximate surface area is 149 Å². The Morgan fingerprint density at radius 2 is 1.96 bits per heavy atom. The normalized spacial score (nSPS) is 23.8. The van der Waals surface area contributed by atoms with Gasteiger partial charge in [-0.05, 0) is 57.0 Å². The molecule has 3 rings (SSSR count). The van der Waals surface area contributed by atoms with Crippen LogP contribution in [0.1, 0.15) is 50.5 Å². The van der Waals surface area contributed by atoms with Crippen LogP contribution in [-0.2, 0) is 10.2 Å². The number of carboxylic acid groups (broad SMARTS) is 1. The van der Waals surface area contributed by atoms with E-state index in [1.807, 2.05) is 18.2 Å². The van der Waals surface area contributed by atoms with Gasteiger partial charge in [0.05, 0.1) is 12.5 Å². The zero-order valence-electron chi connectivity index (χ0n) is 15.3. The van der Waals surface area contributed by atoms with E-state index < -0.39 is 11.4 Å². The third kappa shape index (κ3) is 3.76. The molecule has 2 fully saturated rings. The van der Waals surface area contributed by atoms with Crippen molar-refractivity contribution in [2.24, 2.45) is 0 Å². The third-order valence-corrected chi connectivity index (χ3v) is 5.71. The van der Waals surface area contributed by atoms with Gasteiger partial charge < -0.3 is 19.5 Å². The van der Waals surface area contributed by atoms with Gasteiger partial charge in [-0.15, -0.1) is 0 Å². The van der Waals surface area contributed by atoms with E-state index in [0.717, 1.165) is 50.8 Å². The zero-order chi connectivity index (χ0) is 17.9. The molecule has 1 atom stereocenters. The Bertz CT molecular complexity index is 610. The van der Waals surface area contributed by atoms with Crippen molar-refractivity contribution in [1.82, 2.24) is 4.90 Å². The smallest absolute Gasteiger partial charge is 0.314 e. The van der Waals surface area contributed by atoms with E-state index in [2.05, 4.69) is 11.9 Å². The molecular weight excluding hydrogens is 318 g/mol. The molecule has 5 nitrogen and oxygen atoms in total. The molecular formula is C20H29NO4. The number of carbonyl (C=O) groups is 1. The van der Waals surface area contributed by atoms with Gasteiger partial charge in [-0.3, -0.25) is 4.79 Å². The highest BCUT2D eigenvalue weighted by molar-refractivity contribution is 5.82. The van der Waals surface area contributed by atoms with E-state index in [1.165, 1.54) is 0 Å². The molecule has 5 heteroatoms. The molecule has 0 bridgehead atoms. The molecule has 0 radical (unpaired) electrons. The van der Waals surface area contributed by atoms with Crippen LogP contribution in [0.25, 0.3) is 0 Å². The zero-order valence-corrected chi connectivity index (χ0v) is 15.3. The quantitative estimate of drug-likeness (QED) is 0.884. The van der Waals surface area contributed by atoms with Crippen LogP contribution in [0.15, 0.2) is 18.2 Å². The maximum atomic E-state index is 12.0. The minimum absolute atomic E-state index is 0.154. The lowest BCUT2D eigenvalue weighted by Crippen LogP contribution is -2.39. The van der Waals surface area contributed by atoms with Crippen molar-refractivity contribution in [3.8, 4) is 11.5 Å². The number of ether oxygens (including phenoxy) is 2. The molecule has 1 unspecified atom stereocenters. The molecule has 1 aliphatic heterocycles. The molecule has 1 saturated heterocycles.